The van der Waals surface area contributed by atoms with E-state index in [4.69, 9.17) is 33.2 Å². The van der Waals surface area contributed by atoms with E-state index in [9.17, 15) is 4.79 Å². The monoisotopic (exact) mass is 893 g/mol. The van der Waals surface area contributed by atoms with Gasteiger partial charge >= 0.3 is 12.3 Å². The van der Waals surface area contributed by atoms with E-state index in [-0.39, 0.29) is 44.6 Å². The summed E-state index contributed by atoms with van der Waals surface area (Å²) >= 11 is 0. The lowest BCUT2D eigenvalue weighted by atomic mass is 9.97. The zero-order valence-electron chi connectivity index (χ0n) is 35.7. The van der Waals surface area contributed by atoms with Gasteiger partial charge in [0.25, 0.3) is 5.90 Å². The molecule has 9 rings (SSSR count). The molecule has 0 saturated carbocycles. The molecule has 1 saturated heterocycles. The minimum atomic E-state index is -5.10. The number of alkyl halides is 3. The molecule has 2 aliphatic rings. The molecule has 0 radical (unpaired) electrons. The minimum Gasteiger partial charge on any atom is -0.440 e. The second-order valence-corrected chi connectivity index (χ2v) is 16.0. The number of hydrogen-bond acceptors (Lipinski definition) is 9. The molecular formula is C54H46F3NO8. The molecule has 336 valence electrons. The van der Waals surface area contributed by atoms with Gasteiger partial charge in [-0.1, -0.05) is 164 Å². The number of ether oxygens (including phenoxy) is 7. The van der Waals surface area contributed by atoms with Gasteiger partial charge in [0.1, 0.15) is 24.9 Å². The van der Waals surface area contributed by atoms with Crippen molar-refractivity contribution in [2.75, 3.05) is 13.2 Å². The van der Waals surface area contributed by atoms with Crippen LogP contribution in [0.5, 0.6) is 0 Å². The SMILES string of the molecule is O=C(OCC1c2ccccc2-c2ccccc21)O[C@@H]1C(OC(=Nc2ccccc2)C(F)(F)F)O[C@H](COCc2ccccc2)[C@@H](OCc2ccc3ccccc3c2)[C@@H]1OCc1ccccc1. The van der Waals surface area contributed by atoms with Crippen LogP contribution in [0.15, 0.2) is 187 Å². The number of aliphatic imine (C=N–C) groups is 1. The van der Waals surface area contributed by atoms with Crippen molar-refractivity contribution in [3.05, 3.63) is 210 Å². The van der Waals surface area contributed by atoms with Gasteiger partial charge in [0, 0.05) is 5.92 Å². The summed E-state index contributed by atoms with van der Waals surface area (Å²) in [5, 5.41) is 2.02. The van der Waals surface area contributed by atoms with Crippen molar-refractivity contribution in [3.63, 3.8) is 0 Å². The average Bonchev–Trinajstić information content (AvgIpc) is 3.66. The summed E-state index contributed by atoms with van der Waals surface area (Å²) in [7, 11) is 0. The molecule has 1 heterocycles. The molecule has 0 amide bonds. The third kappa shape index (κ3) is 10.6. The second kappa shape index (κ2) is 20.6. The first-order valence-electron chi connectivity index (χ1n) is 21.7. The first-order chi connectivity index (χ1) is 32.3. The maximum absolute atomic E-state index is 15.0. The Bertz CT molecular complexity index is 2690. The summed E-state index contributed by atoms with van der Waals surface area (Å²) in [5.74, 6) is -1.95. The molecule has 5 atom stereocenters. The topological polar surface area (TPSA) is 94.0 Å². The van der Waals surface area contributed by atoms with Gasteiger partial charge in [-0.3, -0.25) is 0 Å². The lowest BCUT2D eigenvalue weighted by Gasteiger charge is -2.45. The fourth-order valence-electron chi connectivity index (χ4n) is 8.40. The van der Waals surface area contributed by atoms with Crippen LogP contribution in [0, 0.1) is 0 Å². The van der Waals surface area contributed by atoms with E-state index in [1.165, 1.54) is 12.1 Å². The smallest absolute Gasteiger partial charge is 0.440 e. The van der Waals surface area contributed by atoms with Crippen LogP contribution in [0.25, 0.3) is 21.9 Å². The van der Waals surface area contributed by atoms with Gasteiger partial charge in [0.15, 0.2) is 6.10 Å². The predicted octanol–water partition coefficient (Wildman–Crippen LogP) is 11.9. The Morgan fingerprint density at radius 3 is 1.77 bits per heavy atom. The third-order valence-corrected chi connectivity index (χ3v) is 11.5. The van der Waals surface area contributed by atoms with Crippen LogP contribution in [0.2, 0.25) is 0 Å². The molecule has 9 nitrogen and oxygen atoms in total. The van der Waals surface area contributed by atoms with Gasteiger partial charge in [0.2, 0.25) is 6.29 Å². The number of carbonyl (C=O) groups excluding carboxylic acids is 1. The highest BCUT2D eigenvalue weighted by atomic mass is 19.4. The molecule has 0 bridgehead atoms. The van der Waals surface area contributed by atoms with Crippen LogP contribution in [0.4, 0.5) is 23.7 Å². The van der Waals surface area contributed by atoms with Crippen LogP contribution in [0.1, 0.15) is 33.7 Å². The quantitative estimate of drug-likeness (QED) is 0.0571. The molecule has 1 unspecified atom stereocenters. The Kier molecular flexibility index (Phi) is 13.8. The molecule has 1 aliphatic heterocycles. The highest BCUT2D eigenvalue weighted by Crippen LogP contribution is 2.45. The second-order valence-electron chi connectivity index (χ2n) is 16.0. The van der Waals surface area contributed by atoms with Crippen LogP contribution in [-0.4, -0.2) is 62.1 Å². The van der Waals surface area contributed by atoms with E-state index in [0.717, 1.165) is 49.7 Å². The van der Waals surface area contributed by atoms with Crippen LogP contribution in [0.3, 0.4) is 0 Å². The predicted molar refractivity (Wildman–Crippen MR) is 243 cm³/mol. The molecule has 66 heavy (non-hydrogen) atoms. The van der Waals surface area contributed by atoms with Gasteiger partial charge in [-0.25, -0.2) is 9.79 Å². The minimum absolute atomic E-state index is 0.0224. The zero-order valence-corrected chi connectivity index (χ0v) is 35.7. The largest absolute Gasteiger partial charge is 0.508 e. The van der Waals surface area contributed by atoms with Crippen LogP contribution < -0.4 is 0 Å². The maximum Gasteiger partial charge on any atom is 0.508 e. The lowest BCUT2D eigenvalue weighted by molar-refractivity contribution is -0.307. The molecule has 1 fully saturated rings. The summed E-state index contributed by atoms with van der Waals surface area (Å²) < 4.78 is 88.8. The van der Waals surface area contributed by atoms with Gasteiger partial charge < -0.3 is 33.2 Å². The van der Waals surface area contributed by atoms with E-state index >= 15 is 13.2 Å². The summed E-state index contributed by atoms with van der Waals surface area (Å²) in [4.78, 5) is 18.0. The number of para-hydroxylation sites is 1. The van der Waals surface area contributed by atoms with E-state index < -0.39 is 48.9 Å². The van der Waals surface area contributed by atoms with Crippen molar-refractivity contribution in [1.29, 1.82) is 0 Å². The Morgan fingerprint density at radius 2 is 1.11 bits per heavy atom. The highest BCUT2D eigenvalue weighted by molar-refractivity contribution is 5.85. The van der Waals surface area contributed by atoms with E-state index in [2.05, 4.69) is 4.99 Å². The van der Waals surface area contributed by atoms with Crippen molar-refractivity contribution in [1.82, 2.24) is 0 Å². The van der Waals surface area contributed by atoms with Gasteiger partial charge in [-0.2, -0.15) is 13.2 Å². The molecule has 0 aromatic heterocycles. The number of fused-ring (bicyclic) bond motifs is 4. The van der Waals surface area contributed by atoms with Crippen molar-refractivity contribution in [3.8, 4) is 11.1 Å². The van der Waals surface area contributed by atoms with Crippen molar-refractivity contribution in [2.45, 2.75) is 62.6 Å². The number of rotatable bonds is 15. The molecule has 7 aromatic carbocycles. The first-order valence-corrected chi connectivity index (χ1v) is 21.7. The van der Waals surface area contributed by atoms with Crippen molar-refractivity contribution >= 4 is 28.5 Å². The van der Waals surface area contributed by atoms with Crippen molar-refractivity contribution in [2.24, 2.45) is 4.99 Å². The van der Waals surface area contributed by atoms with E-state index in [0.29, 0.717) is 0 Å². The number of benzene rings is 7. The Labute approximate surface area is 380 Å². The molecule has 0 N–H and O–H groups in total. The Morgan fingerprint density at radius 1 is 0.545 bits per heavy atom. The van der Waals surface area contributed by atoms with E-state index in [1.807, 2.05) is 152 Å². The normalized spacial score (nSPS) is 19.5. The van der Waals surface area contributed by atoms with Crippen molar-refractivity contribution < 1.29 is 51.1 Å². The molecule has 7 aromatic rings. The molecule has 1 aliphatic carbocycles. The lowest BCUT2D eigenvalue weighted by Crippen LogP contribution is -2.62. The third-order valence-electron chi connectivity index (χ3n) is 11.5. The Hall–Kier alpha value is -6.83. The number of hydrogen-bond donors (Lipinski definition) is 0. The van der Waals surface area contributed by atoms with Crippen LogP contribution in [-0.2, 0) is 53.0 Å². The first kappa shape index (κ1) is 44.4. The zero-order chi connectivity index (χ0) is 45.3. The molecule has 0 spiro atoms. The van der Waals surface area contributed by atoms with Gasteiger partial charge in [0.05, 0.1) is 32.1 Å². The highest BCUT2D eigenvalue weighted by Gasteiger charge is 2.53. The summed E-state index contributed by atoms with van der Waals surface area (Å²) in [6, 6.07) is 55.7. The van der Waals surface area contributed by atoms with Gasteiger partial charge in [-0.15, -0.1) is 0 Å². The van der Waals surface area contributed by atoms with Crippen LogP contribution >= 0.6 is 0 Å². The number of nitrogens with zero attached hydrogens (tertiary/aromatic N) is 1. The van der Waals surface area contributed by atoms with E-state index in [1.54, 1.807) is 18.2 Å². The summed E-state index contributed by atoms with van der Waals surface area (Å²) in [6.45, 7) is -0.145. The molecular weight excluding hydrogens is 848 g/mol. The summed E-state index contributed by atoms with van der Waals surface area (Å²) in [6.07, 6.45) is -13.4. The van der Waals surface area contributed by atoms with Gasteiger partial charge in [-0.05, 0) is 67.9 Å². The molecule has 12 heteroatoms. The summed E-state index contributed by atoms with van der Waals surface area (Å²) in [5.41, 5.74) is 6.35. The standard InChI is InChI=1S/C54H46F3NO8/c55-54(56,57)52(58-41-22-8-3-9-23-41)66-51-50(65-53(59)63-34-46-44-26-14-12-24-42(44)43-25-13-15-27-45(43)46)49(62-32-37-18-6-2-7-19-37)48(47(64-51)35-60-31-36-16-4-1-5-17-36)61-33-38-28-29-39-20-10-11-21-40(39)30-38/h1-30,46-51H,31-35H2/t47-,48-,49+,50+,51?/m1/s1. The fourth-order valence-corrected chi connectivity index (χ4v) is 8.40. The Balaban J connectivity index is 1.07. The average molecular weight is 894 g/mol. The maximum atomic E-state index is 15.0. The number of carbonyl (C=O) groups is 1. The number of halogens is 3. The fraction of sp³-hybridized carbons (Fsp3) is 0.222.